The van der Waals surface area contributed by atoms with Crippen LogP contribution in [0.4, 0.5) is 11.4 Å². The Hall–Kier alpha value is -3.20. The maximum atomic E-state index is 10.6. The van der Waals surface area contributed by atoms with Crippen LogP contribution < -0.4 is 5.43 Å². The van der Waals surface area contributed by atoms with Gasteiger partial charge < -0.3 is 0 Å². The van der Waals surface area contributed by atoms with Crippen molar-refractivity contribution in [2.24, 2.45) is 5.10 Å². The second kappa shape index (κ2) is 6.11. The fourth-order valence-electron chi connectivity index (χ4n) is 1.51. The Labute approximate surface area is 115 Å². The molecule has 20 heavy (non-hydrogen) atoms. The van der Waals surface area contributed by atoms with E-state index in [1.807, 2.05) is 6.07 Å². The first-order valence-corrected chi connectivity index (χ1v) is 5.73. The zero-order valence-electron chi connectivity index (χ0n) is 10.4. The molecule has 0 aliphatic rings. The minimum Gasteiger partial charge on any atom is -0.278 e. The predicted octanol–water partition coefficient (Wildman–Crippen LogP) is 2.91. The van der Waals surface area contributed by atoms with Gasteiger partial charge in [0.1, 0.15) is 0 Å². The second-order valence-electron chi connectivity index (χ2n) is 3.91. The summed E-state index contributed by atoms with van der Waals surface area (Å²) in [6.07, 6.45) is 1.57. The number of hydrogen-bond acceptors (Lipinski definition) is 5. The van der Waals surface area contributed by atoms with Crippen LogP contribution in [-0.2, 0) is 0 Å². The summed E-state index contributed by atoms with van der Waals surface area (Å²) >= 11 is 0. The van der Waals surface area contributed by atoms with Crippen LogP contribution in [0.5, 0.6) is 0 Å². The Morgan fingerprint density at radius 3 is 2.65 bits per heavy atom. The molecule has 0 heterocycles. The highest BCUT2D eigenvalue weighted by molar-refractivity contribution is 5.80. The number of anilines is 1. The van der Waals surface area contributed by atoms with Gasteiger partial charge in [-0.15, -0.1) is 0 Å². The molecule has 6 heteroatoms. The van der Waals surface area contributed by atoms with Crippen molar-refractivity contribution in [1.82, 2.24) is 0 Å². The summed E-state index contributed by atoms with van der Waals surface area (Å²) in [6, 6.07) is 15.0. The molecule has 98 valence electrons. The first-order valence-electron chi connectivity index (χ1n) is 5.73. The Kier molecular flexibility index (Phi) is 4.04. The van der Waals surface area contributed by atoms with E-state index in [9.17, 15) is 10.1 Å². The van der Waals surface area contributed by atoms with Crippen molar-refractivity contribution in [2.75, 3.05) is 5.43 Å². The summed E-state index contributed by atoms with van der Waals surface area (Å²) in [6.45, 7) is 0. The van der Waals surface area contributed by atoms with Crippen LogP contribution in [0, 0.1) is 21.4 Å². The summed E-state index contributed by atoms with van der Waals surface area (Å²) in [4.78, 5) is 10.2. The summed E-state index contributed by atoms with van der Waals surface area (Å²) in [7, 11) is 0. The lowest BCUT2D eigenvalue weighted by molar-refractivity contribution is -0.384. The lowest BCUT2D eigenvalue weighted by Crippen LogP contribution is -1.93. The maximum absolute atomic E-state index is 10.6. The Bertz CT molecular complexity index is 687. The van der Waals surface area contributed by atoms with E-state index >= 15 is 0 Å². The third-order valence-electron chi connectivity index (χ3n) is 2.50. The number of hydrazone groups is 1. The highest BCUT2D eigenvalue weighted by Crippen LogP contribution is 2.16. The van der Waals surface area contributed by atoms with Gasteiger partial charge in [-0.2, -0.15) is 10.4 Å². The van der Waals surface area contributed by atoms with E-state index in [4.69, 9.17) is 5.26 Å². The molecule has 0 spiro atoms. The number of nitriles is 1. The van der Waals surface area contributed by atoms with Crippen LogP contribution in [0.1, 0.15) is 11.1 Å². The smallest absolute Gasteiger partial charge is 0.271 e. The average molecular weight is 266 g/mol. The summed E-state index contributed by atoms with van der Waals surface area (Å²) < 4.78 is 0. The molecule has 0 aliphatic carbocycles. The third kappa shape index (κ3) is 3.40. The van der Waals surface area contributed by atoms with Gasteiger partial charge >= 0.3 is 0 Å². The van der Waals surface area contributed by atoms with E-state index in [0.29, 0.717) is 11.3 Å². The van der Waals surface area contributed by atoms with Gasteiger partial charge in [-0.25, -0.2) is 0 Å². The first-order chi connectivity index (χ1) is 9.69. The van der Waals surface area contributed by atoms with Crippen LogP contribution in [0.25, 0.3) is 0 Å². The Balaban J connectivity index is 2.04. The average Bonchev–Trinajstić information content (AvgIpc) is 2.48. The van der Waals surface area contributed by atoms with Gasteiger partial charge in [0.05, 0.1) is 28.5 Å². The van der Waals surface area contributed by atoms with Crippen molar-refractivity contribution in [2.45, 2.75) is 0 Å². The highest BCUT2D eigenvalue weighted by Gasteiger charge is 2.04. The predicted molar refractivity (Wildman–Crippen MR) is 75.5 cm³/mol. The van der Waals surface area contributed by atoms with Gasteiger partial charge in [0.25, 0.3) is 5.69 Å². The summed E-state index contributed by atoms with van der Waals surface area (Å²) in [5.41, 5.74) is 4.65. The van der Waals surface area contributed by atoms with E-state index < -0.39 is 4.92 Å². The minimum atomic E-state index is -0.463. The molecular formula is C14H10N4O2. The summed E-state index contributed by atoms with van der Waals surface area (Å²) in [5.74, 6) is 0. The number of nitrogens with one attached hydrogen (secondary N) is 1. The van der Waals surface area contributed by atoms with E-state index in [1.54, 1.807) is 42.6 Å². The molecule has 6 nitrogen and oxygen atoms in total. The Morgan fingerprint density at radius 1 is 1.25 bits per heavy atom. The van der Waals surface area contributed by atoms with Crippen molar-refractivity contribution < 1.29 is 4.92 Å². The van der Waals surface area contributed by atoms with Gasteiger partial charge in [-0.05, 0) is 23.8 Å². The zero-order valence-corrected chi connectivity index (χ0v) is 10.4. The molecule has 0 amide bonds. The van der Waals surface area contributed by atoms with E-state index in [1.165, 1.54) is 12.1 Å². The molecule has 2 rings (SSSR count). The molecule has 2 aromatic rings. The molecule has 0 aromatic heterocycles. The number of benzene rings is 2. The number of nitrogens with zero attached hydrogens (tertiary/aromatic N) is 3. The van der Waals surface area contributed by atoms with Crippen LogP contribution in [0.3, 0.4) is 0 Å². The van der Waals surface area contributed by atoms with Gasteiger partial charge in [0.2, 0.25) is 0 Å². The SMILES string of the molecule is N#Cc1ccc(C=NNc2cccc([N+](=O)[O-])c2)cc1. The molecule has 0 radical (unpaired) electrons. The van der Waals surface area contributed by atoms with Crippen molar-refractivity contribution in [3.05, 3.63) is 69.8 Å². The molecule has 0 saturated carbocycles. The van der Waals surface area contributed by atoms with Crippen molar-refractivity contribution in [3.8, 4) is 6.07 Å². The molecule has 0 fully saturated rings. The molecule has 2 aromatic carbocycles. The standard InChI is InChI=1S/C14H10N4O2/c15-9-11-4-6-12(7-5-11)10-16-17-13-2-1-3-14(8-13)18(19)20/h1-8,10,17H. The van der Waals surface area contributed by atoms with Crippen molar-refractivity contribution >= 4 is 17.6 Å². The number of hydrogen-bond donors (Lipinski definition) is 1. The van der Waals surface area contributed by atoms with Gasteiger partial charge in [-0.3, -0.25) is 15.5 Å². The molecule has 0 atom stereocenters. The minimum absolute atomic E-state index is 0.00331. The molecule has 0 unspecified atom stereocenters. The van der Waals surface area contributed by atoms with Gasteiger partial charge in [0, 0.05) is 12.1 Å². The fourth-order valence-corrected chi connectivity index (χ4v) is 1.51. The summed E-state index contributed by atoms with van der Waals surface area (Å²) in [5, 5.41) is 23.3. The lowest BCUT2D eigenvalue weighted by Gasteiger charge is -1.99. The van der Waals surface area contributed by atoms with E-state index in [2.05, 4.69) is 10.5 Å². The molecule has 0 bridgehead atoms. The second-order valence-corrected chi connectivity index (χ2v) is 3.91. The molecular weight excluding hydrogens is 256 g/mol. The van der Waals surface area contributed by atoms with Gasteiger partial charge in [0.15, 0.2) is 0 Å². The topological polar surface area (TPSA) is 91.3 Å². The van der Waals surface area contributed by atoms with Gasteiger partial charge in [-0.1, -0.05) is 18.2 Å². The largest absolute Gasteiger partial charge is 0.278 e. The van der Waals surface area contributed by atoms with E-state index in [0.717, 1.165) is 5.56 Å². The van der Waals surface area contributed by atoms with E-state index in [-0.39, 0.29) is 5.69 Å². The Morgan fingerprint density at radius 2 is 2.00 bits per heavy atom. The number of nitro benzene ring substituents is 1. The van der Waals surface area contributed by atoms with Crippen LogP contribution >= 0.6 is 0 Å². The lowest BCUT2D eigenvalue weighted by atomic mass is 10.2. The molecule has 1 N–H and O–H groups in total. The van der Waals surface area contributed by atoms with Crippen molar-refractivity contribution in [1.29, 1.82) is 5.26 Å². The number of nitro groups is 1. The highest BCUT2D eigenvalue weighted by atomic mass is 16.6. The maximum Gasteiger partial charge on any atom is 0.271 e. The molecule has 0 aliphatic heterocycles. The fraction of sp³-hybridized carbons (Fsp3) is 0. The first kappa shape index (κ1) is 13.2. The number of rotatable bonds is 4. The monoisotopic (exact) mass is 266 g/mol. The van der Waals surface area contributed by atoms with Crippen LogP contribution in [0.2, 0.25) is 0 Å². The van der Waals surface area contributed by atoms with Crippen LogP contribution in [0.15, 0.2) is 53.6 Å². The number of non-ortho nitro benzene ring substituents is 1. The quantitative estimate of drug-likeness (QED) is 0.523. The van der Waals surface area contributed by atoms with Crippen molar-refractivity contribution in [3.63, 3.8) is 0 Å². The third-order valence-corrected chi connectivity index (χ3v) is 2.50. The molecule has 0 saturated heterocycles. The normalized spacial score (nSPS) is 10.2. The zero-order chi connectivity index (χ0) is 14.4. The van der Waals surface area contributed by atoms with Crippen LogP contribution in [-0.4, -0.2) is 11.1 Å².